The Balaban J connectivity index is 2.63. The summed E-state index contributed by atoms with van der Waals surface area (Å²) < 4.78 is 9.86. The fourth-order valence-electron chi connectivity index (χ4n) is 0.913. The van der Waals surface area contributed by atoms with Crippen molar-refractivity contribution < 1.29 is 14.3 Å². The largest absolute Gasteiger partial charge is 0.468 e. The molecule has 0 aliphatic heterocycles. The van der Waals surface area contributed by atoms with Gasteiger partial charge in [0, 0.05) is 12.7 Å². The van der Waals surface area contributed by atoms with Crippen LogP contribution in [0.5, 0.6) is 5.75 Å². The van der Waals surface area contributed by atoms with E-state index in [4.69, 9.17) is 15.3 Å². The second kappa shape index (κ2) is 5.21. The third-order valence-electron chi connectivity index (χ3n) is 1.59. The molecule has 3 N–H and O–H groups in total. The molecule has 0 radical (unpaired) electrons. The van der Waals surface area contributed by atoms with Gasteiger partial charge in [-0.1, -0.05) is 0 Å². The molecule has 0 saturated heterocycles. The number of benzene rings is 1. The maximum Gasteiger partial charge on any atom is 0.265 e. The van der Waals surface area contributed by atoms with E-state index in [-0.39, 0.29) is 12.7 Å². The molecule has 0 heterocycles. The molecular weight excluding hydrogens is 184 g/mol. The summed E-state index contributed by atoms with van der Waals surface area (Å²) in [4.78, 5) is 11.0. The molecule has 1 amide bonds. The molecule has 0 aromatic heterocycles. The number of ether oxygens (including phenoxy) is 2. The van der Waals surface area contributed by atoms with E-state index in [1.54, 1.807) is 24.3 Å². The average Bonchev–Trinajstić information content (AvgIpc) is 2.26. The number of rotatable bonds is 4. The summed E-state index contributed by atoms with van der Waals surface area (Å²) in [6.07, 6.45) is 0. The second-order valence-corrected chi connectivity index (χ2v) is 2.55. The molecule has 0 bridgehead atoms. The summed E-state index contributed by atoms with van der Waals surface area (Å²) >= 11 is 0. The molecule has 0 aliphatic rings. The number of methoxy groups -OCH3 is 1. The number of hydrazine groups is 1. The van der Waals surface area contributed by atoms with Crippen LogP contribution in [-0.2, 0) is 4.74 Å². The minimum absolute atomic E-state index is 0.183. The van der Waals surface area contributed by atoms with Crippen LogP contribution >= 0.6 is 0 Å². The van der Waals surface area contributed by atoms with Gasteiger partial charge in [0.15, 0.2) is 6.79 Å². The first-order chi connectivity index (χ1) is 6.77. The number of hydrogen-bond donors (Lipinski definition) is 2. The molecular formula is C9H12N2O3. The highest BCUT2D eigenvalue weighted by molar-refractivity contribution is 5.93. The lowest BCUT2D eigenvalue weighted by Crippen LogP contribution is -2.29. The van der Waals surface area contributed by atoms with Crippen LogP contribution in [0.4, 0.5) is 0 Å². The first-order valence-corrected chi connectivity index (χ1v) is 4.00. The maximum atomic E-state index is 11.0. The predicted octanol–water partition coefficient (Wildman–Crippen LogP) is 0.273. The predicted molar refractivity (Wildman–Crippen MR) is 50.6 cm³/mol. The summed E-state index contributed by atoms with van der Waals surface area (Å²) in [6.45, 7) is 0.183. The zero-order valence-electron chi connectivity index (χ0n) is 7.82. The highest BCUT2D eigenvalue weighted by Crippen LogP contribution is 2.11. The van der Waals surface area contributed by atoms with Crippen molar-refractivity contribution in [3.63, 3.8) is 0 Å². The number of carbonyl (C=O) groups excluding carboxylic acids is 1. The van der Waals surface area contributed by atoms with Crippen molar-refractivity contribution in [1.29, 1.82) is 0 Å². The minimum Gasteiger partial charge on any atom is -0.468 e. The summed E-state index contributed by atoms with van der Waals surface area (Å²) in [5, 5.41) is 0. The number of nitrogen functional groups attached to an aromatic ring is 1. The van der Waals surface area contributed by atoms with Crippen LogP contribution in [0.15, 0.2) is 24.3 Å². The molecule has 0 aliphatic carbocycles. The SMILES string of the molecule is COCOc1ccc(C(=O)NN)cc1. The van der Waals surface area contributed by atoms with Crippen molar-refractivity contribution in [2.24, 2.45) is 5.84 Å². The second-order valence-electron chi connectivity index (χ2n) is 2.55. The van der Waals surface area contributed by atoms with Gasteiger partial charge in [-0.15, -0.1) is 0 Å². The van der Waals surface area contributed by atoms with Gasteiger partial charge in [0.2, 0.25) is 0 Å². The zero-order chi connectivity index (χ0) is 10.4. The molecule has 0 saturated carbocycles. The van der Waals surface area contributed by atoms with Crippen LogP contribution in [0.25, 0.3) is 0 Å². The number of carbonyl (C=O) groups is 1. The van der Waals surface area contributed by atoms with Gasteiger partial charge >= 0.3 is 0 Å². The van der Waals surface area contributed by atoms with E-state index in [1.807, 2.05) is 5.43 Å². The van der Waals surface area contributed by atoms with E-state index >= 15 is 0 Å². The average molecular weight is 196 g/mol. The summed E-state index contributed by atoms with van der Waals surface area (Å²) in [7, 11) is 1.54. The maximum absolute atomic E-state index is 11.0. The lowest BCUT2D eigenvalue weighted by molar-refractivity contribution is 0.0511. The van der Waals surface area contributed by atoms with Crippen molar-refractivity contribution in [1.82, 2.24) is 5.43 Å². The first-order valence-electron chi connectivity index (χ1n) is 4.00. The smallest absolute Gasteiger partial charge is 0.265 e. The van der Waals surface area contributed by atoms with Gasteiger partial charge in [0.05, 0.1) is 0 Å². The molecule has 1 aromatic rings. The van der Waals surface area contributed by atoms with Crippen molar-refractivity contribution in [2.75, 3.05) is 13.9 Å². The van der Waals surface area contributed by atoms with E-state index in [1.165, 1.54) is 7.11 Å². The Labute approximate surface area is 81.8 Å². The monoisotopic (exact) mass is 196 g/mol. The van der Waals surface area contributed by atoms with Gasteiger partial charge in [-0.3, -0.25) is 10.2 Å². The number of amides is 1. The van der Waals surface area contributed by atoms with Crippen LogP contribution in [0.3, 0.4) is 0 Å². The standard InChI is InChI=1S/C9H12N2O3/c1-13-6-14-8-4-2-7(3-5-8)9(12)11-10/h2-5H,6,10H2,1H3,(H,11,12). The van der Waals surface area contributed by atoms with E-state index < -0.39 is 0 Å². The topological polar surface area (TPSA) is 73.6 Å². The van der Waals surface area contributed by atoms with Crippen molar-refractivity contribution in [3.05, 3.63) is 29.8 Å². The third kappa shape index (κ3) is 2.72. The fraction of sp³-hybridized carbons (Fsp3) is 0.222. The van der Waals surface area contributed by atoms with Crippen LogP contribution in [0.1, 0.15) is 10.4 Å². The van der Waals surface area contributed by atoms with Gasteiger partial charge in [-0.05, 0) is 24.3 Å². The Morgan fingerprint density at radius 2 is 2.07 bits per heavy atom. The highest BCUT2D eigenvalue weighted by atomic mass is 16.7. The Morgan fingerprint density at radius 1 is 1.43 bits per heavy atom. The molecule has 76 valence electrons. The molecule has 0 unspecified atom stereocenters. The van der Waals surface area contributed by atoms with Crippen molar-refractivity contribution in [2.45, 2.75) is 0 Å². The number of nitrogens with two attached hydrogens (primary N) is 1. The van der Waals surface area contributed by atoms with E-state index in [9.17, 15) is 4.79 Å². The highest BCUT2D eigenvalue weighted by Gasteiger charge is 2.02. The zero-order valence-corrected chi connectivity index (χ0v) is 7.82. The Morgan fingerprint density at radius 3 is 2.57 bits per heavy atom. The molecule has 5 nitrogen and oxygen atoms in total. The van der Waals surface area contributed by atoms with Gasteiger partial charge in [0.1, 0.15) is 5.75 Å². The Kier molecular flexibility index (Phi) is 3.90. The van der Waals surface area contributed by atoms with Crippen molar-refractivity contribution in [3.8, 4) is 5.75 Å². The number of hydrogen-bond acceptors (Lipinski definition) is 4. The minimum atomic E-state index is -0.330. The lowest BCUT2D eigenvalue weighted by atomic mass is 10.2. The molecule has 0 fully saturated rings. The normalized spacial score (nSPS) is 9.57. The van der Waals surface area contributed by atoms with Crippen LogP contribution in [0, 0.1) is 0 Å². The van der Waals surface area contributed by atoms with Gasteiger partial charge in [0.25, 0.3) is 5.91 Å². The number of nitrogens with one attached hydrogen (secondary N) is 1. The van der Waals surface area contributed by atoms with Gasteiger partial charge < -0.3 is 9.47 Å². The fourth-order valence-corrected chi connectivity index (χ4v) is 0.913. The van der Waals surface area contributed by atoms with Gasteiger partial charge in [-0.2, -0.15) is 0 Å². The van der Waals surface area contributed by atoms with E-state index in [0.717, 1.165) is 0 Å². The summed E-state index contributed by atoms with van der Waals surface area (Å²) in [5.41, 5.74) is 2.52. The summed E-state index contributed by atoms with van der Waals surface area (Å²) in [6, 6.07) is 6.58. The molecule has 0 spiro atoms. The summed E-state index contributed by atoms with van der Waals surface area (Å²) in [5.74, 6) is 5.28. The lowest BCUT2D eigenvalue weighted by Gasteiger charge is -2.04. The quantitative estimate of drug-likeness (QED) is 0.314. The molecule has 1 rings (SSSR count). The van der Waals surface area contributed by atoms with Crippen LogP contribution in [0.2, 0.25) is 0 Å². The van der Waals surface area contributed by atoms with Crippen molar-refractivity contribution >= 4 is 5.91 Å². The first kappa shape index (κ1) is 10.5. The molecule has 5 heteroatoms. The molecule has 14 heavy (non-hydrogen) atoms. The van der Waals surface area contributed by atoms with E-state index in [0.29, 0.717) is 11.3 Å². The molecule has 1 aromatic carbocycles. The molecule has 0 atom stereocenters. The Hall–Kier alpha value is -1.59. The van der Waals surface area contributed by atoms with E-state index in [2.05, 4.69) is 0 Å². The van der Waals surface area contributed by atoms with Crippen LogP contribution in [-0.4, -0.2) is 19.8 Å². The van der Waals surface area contributed by atoms with Crippen LogP contribution < -0.4 is 16.0 Å². The Bertz CT molecular complexity index is 297. The van der Waals surface area contributed by atoms with Gasteiger partial charge in [-0.25, -0.2) is 5.84 Å². The third-order valence-corrected chi connectivity index (χ3v) is 1.59.